The van der Waals surface area contributed by atoms with E-state index >= 15 is 0 Å². The van der Waals surface area contributed by atoms with E-state index in [0.717, 1.165) is 17.0 Å². The number of aromatic nitrogens is 2. The Balaban J connectivity index is 1.85. The monoisotopic (exact) mass is 257 g/mol. The minimum absolute atomic E-state index is 0.148. The van der Waals surface area contributed by atoms with Gasteiger partial charge in [0, 0.05) is 12.3 Å². The van der Waals surface area contributed by atoms with Gasteiger partial charge in [-0.3, -0.25) is 9.89 Å². The highest BCUT2D eigenvalue weighted by Gasteiger charge is 1.97. The van der Waals surface area contributed by atoms with Crippen molar-refractivity contribution in [2.45, 2.75) is 6.54 Å². The molecule has 2 rings (SSSR count). The normalized spacial score (nSPS) is 10.6. The average molecular weight is 257 g/mol. The highest BCUT2D eigenvalue weighted by atomic mass is 16.5. The Hall–Kier alpha value is -2.56. The van der Waals surface area contributed by atoms with Crippen LogP contribution < -0.4 is 10.1 Å². The standard InChI is InChI=1S/C14H15N3O2/c1-19-13-5-2-11(3-6-13)4-7-14(18)15-10-12-8-9-16-17-12/h2-9H,10H2,1H3,(H,15,18)(H,16,17)/b7-4+. The number of ether oxygens (including phenoxy) is 1. The molecule has 1 heterocycles. The number of hydrogen-bond acceptors (Lipinski definition) is 3. The number of rotatable bonds is 5. The maximum absolute atomic E-state index is 11.6. The third-order valence-corrected chi connectivity index (χ3v) is 2.55. The van der Waals surface area contributed by atoms with Gasteiger partial charge in [-0.2, -0.15) is 5.10 Å². The second-order valence-corrected chi connectivity index (χ2v) is 3.91. The molecule has 1 aromatic heterocycles. The molecular weight excluding hydrogens is 242 g/mol. The van der Waals surface area contributed by atoms with Gasteiger partial charge in [0.2, 0.25) is 5.91 Å². The van der Waals surface area contributed by atoms with Crippen LogP contribution in [0.1, 0.15) is 11.3 Å². The Morgan fingerprint density at radius 3 is 2.79 bits per heavy atom. The summed E-state index contributed by atoms with van der Waals surface area (Å²) in [6, 6.07) is 9.28. The molecule has 98 valence electrons. The largest absolute Gasteiger partial charge is 0.497 e. The van der Waals surface area contributed by atoms with Crippen molar-refractivity contribution in [3.8, 4) is 5.75 Å². The smallest absolute Gasteiger partial charge is 0.244 e. The Morgan fingerprint density at radius 1 is 1.37 bits per heavy atom. The fourth-order valence-corrected chi connectivity index (χ4v) is 1.51. The third-order valence-electron chi connectivity index (χ3n) is 2.55. The van der Waals surface area contributed by atoms with E-state index in [9.17, 15) is 4.79 Å². The van der Waals surface area contributed by atoms with E-state index in [1.165, 1.54) is 6.08 Å². The minimum Gasteiger partial charge on any atom is -0.497 e. The lowest BCUT2D eigenvalue weighted by atomic mass is 10.2. The molecule has 2 aromatic rings. The number of H-pyrrole nitrogens is 1. The summed E-state index contributed by atoms with van der Waals surface area (Å²) in [5.74, 6) is 0.645. The molecule has 19 heavy (non-hydrogen) atoms. The van der Waals surface area contributed by atoms with Crippen molar-refractivity contribution < 1.29 is 9.53 Å². The Bertz CT molecular complexity index is 545. The van der Waals surface area contributed by atoms with Gasteiger partial charge in [-0.25, -0.2) is 0 Å². The molecule has 0 atom stereocenters. The lowest BCUT2D eigenvalue weighted by molar-refractivity contribution is -0.116. The average Bonchev–Trinajstić information content (AvgIpc) is 2.96. The summed E-state index contributed by atoms with van der Waals surface area (Å²) >= 11 is 0. The number of benzene rings is 1. The fourth-order valence-electron chi connectivity index (χ4n) is 1.51. The van der Waals surface area contributed by atoms with Gasteiger partial charge in [-0.1, -0.05) is 12.1 Å². The summed E-state index contributed by atoms with van der Waals surface area (Å²) in [5.41, 5.74) is 1.81. The van der Waals surface area contributed by atoms with Gasteiger partial charge in [0.1, 0.15) is 5.75 Å². The van der Waals surface area contributed by atoms with Crippen molar-refractivity contribution in [2.24, 2.45) is 0 Å². The van der Waals surface area contributed by atoms with Crippen molar-refractivity contribution in [1.82, 2.24) is 15.5 Å². The number of aromatic amines is 1. The molecule has 0 aliphatic rings. The summed E-state index contributed by atoms with van der Waals surface area (Å²) in [6.45, 7) is 0.436. The maximum atomic E-state index is 11.6. The first-order valence-corrected chi connectivity index (χ1v) is 5.86. The van der Waals surface area contributed by atoms with Gasteiger partial charge >= 0.3 is 0 Å². The first-order chi connectivity index (χ1) is 9.28. The number of methoxy groups -OCH3 is 1. The highest BCUT2D eigenvalue weighted by molar-refractivity contribution is 5.91. The van der Waals surface area contributed by atoms with E-state index in [1.54, 1.807) is 19.4 Å². The summed E-state index contributed by atoms with van der Waals surface area (Å²) in [4.78, 5) is 11.6. The quantitative estimate of drug-likeness (QED) is 0.802. The van der Waals surface area contributed by atoms with Crippen molar-refractivity contribution in [3.05, 3.63) is 53.9 Å². The van der Waals surface area contributed by atoms with Crippen LogP contribution in [0.25, 0.3) is 6.08 Å². The summed E-state index contributed by atoms with van der Waals surface area (Å²) in [5, 5.41) is 9.34. The zero-order valence-corrected chi connectivity index (χ0v) is 10.6. The molecule has 0 saturated carbocycles. The van der Waals surface area contributed by atoms with Crippen LogP contribution in [0.3, 0.4) is 0 Å². The molecule has 1 aromatic carbocycles. The second kappa shape index (κ2) is 6.39. The molecule has 0 fully saturated rings. The Kier molecular flexibility index (Phi) is 4.34. The number of hydrogen-bond donors (Lipinski definition) is 2. The number of carbonyl (C=O) groups is 1. The van der Waals surface area contributed by atoms with E-state index in [4.69, 9.17) is 4.74 Å². The van der Waals surface area contributed by atoms with Gasteiger partial charge in [-0.15, -0.1) is 0 Å². The Labute approximate surface area is 111 Å². The lowest BCUT2D eigenvalue weighted by Crippen LogP contribution is -2.20. The van der Waals surface area contributed by atoms with E-state index in [-0.39, 0.29) is 5.91 Å². The van der Waals surface area contributed by atoms with Crippen LogP contribution in [0, 0.1) is 0 Å². The van der Waals surface area contributed by atoms with Crippen LogP contribution >= 0.6 is 0 Å². The van der Waals surface area contributed by atoms with Crippen molar-refractivity contribution in [3.63, 3.8) is 0 Å². The molecule has 0 bridgehead atoms. The molecule has 0 spiro atoms. The minimum atomic E-state index is -0.148. The molecule has 5 nitrogen and oxygen atoms in total. The first kappa shape index (κ1) is 12.9. The highest BCUT2D eigenvalue weighted by Crippen LogP contribution is 2.12. The van der Waals surface area contributed by atoms with E-state index < -0.39 is 0 Å². The number of nitrogens with one attached hydrogen (secondary N) is 2. The van der Waals surface area contributed by atoms with Crippen LogP contribution in [-0.4, -0.2) is 23.2 Å². The summed E-state index contributed by atoms with van der Waals surface area (Å²) < 4.78 is 5.06. The molecule has 0 aliphatic heterocycles. The molecular formula is C14H15N3O2. The maximum Gasteiger partial charge on any atom is 0.244 e. The second-order valence-electron chi connectivity index (χ2n) is 3.91. The number of nitrogens with zero attached hydrogens (tertiary/aromatic N) is 1. The van der Waals surface area contributed by atoms with Gasteiger partial charge < -0.3 is 10.1 Å². The molecule has 2 N–H and O–H groups in total. The van der Waals surface area contributed by atoms with Gasteiger partial charge in [0.25, 0.3) is 0 Å². The number of amides is 1. The predicted molar refractivity (Wildman–Crippen MR) is 72.5 cm³/mol. The molecule has 0 saturated heterocycles. The zero-order chi connectivity index (χ0) is 13.5. The van der Waals surface area contributed by atoms with E-state index in [0.29, 0.717) is 6.54 Å². The molecule has 0 unspecified atom stereocenters. The number of carbonyl (C=O) groups excluding carboxylic acids is 1. The Morgan fingerprint density at radius 2 is 2.16 bits per heavy atom. The molecule has 0 aliphatic carbocycles. The summed E-state index contributed by atoms with van der Waals surface area (Å²) in [6.07, 6.45) is 4.90. The summed E-state index contributed by atoms with van der Waals surface area (Å²) in [7, 11) is 1.62. The molecule has 1 amide bonds. The van der Waals surface area contributed by atoms with Crippen LogP contribution in [-0.2, 0) is 11.3 Å². The van der Waals surface area contributed by atoms with Gasteiger partial charge in [0.05, 0.1) is 19.3 Å². The molecule has 5 heteroatoms. The fraction of sp³-hybridized carbons (Fsp3) is 0.143. The first-order valence-electron chi connectivity index (χ1n) is 5.86. The predicted octanol–water partition coefficient (Wildman–Crippen LogP) is 1.75. The van der Waals surface area contributed by atoms with E-state index in [2.05, 4.69) is 15.5 Å². The van der Waals surface area contributed by atoms with Crippen LogP contribution in [0.15, 0.2) is 42.6 Å². The van der Waals surface area contributed by atoms with Crippen LogP contribution in [0.4, 0.5) is 0 Å². The van der Waals surface area contributed by atoms with Crippen LogP contribution in [0.5, 0.6) is 5.75 Å². The van der Waals surface area contributed by atoms with Gasteiger partial charge in [-0.05, 0) is 29.8 Å². The van der Waals surface area contributed by atoms with Gasteiger partial charge in [0.15, 0.2) is 0 Å². The van der Waals surface area contributed by atoms with Crippen LogP contribution in [0.2, 0.25) is 0 Å². The third kappa shape index (κ3) is 3.99. The van der Waals surface area contributed by atoms with Crippen molar-refractivity contribution in [1.29, 1.82) is 0 Å². The topological polar surface area (TPSA) is 67.0 Å². The van der Waals surface area contributed by atoms with Crippen molar-refractivity contribution >= 4 is 12.0 Å². The van der Waals surface area contributed by atoms with Crippen molar-refractivity contribution in [2.75, 3.05) is 7.11 Å². The lowest BCUT2D eigenvalue weighted by Gasteiger charge is -2.00. The SMILES string of the molecule is COc1ccc(/C=C/C(=O)NCc2ccn[nH]2)cc1. The zero-order valence-electron chi connectivity index (χ0n) is 10.6. The molecule has 0 radical (unpaired) electrons. The van der Waals surface area contributed by atoms with E-state index in [1.807, 2.05) is 30.3 Å².